The molecule has 1 aliphatic heterocycles. The van der Waals surface area contributed by atoms with Gasteiger partial charge in [0, 0.05) is 33.3 Å². The van der Waals surface area contributed by atoms with Crippen molar-refractivity contribution >= 4 is 29.9 Å². The highest BCUT2D eigenvalue weighted by Crippen LogP contribution is 2.20. The third-order valence-corrected chi connectivity index (χ3v) is 4.74. The minimum atomic E-state index is 0. The van der Waals surface area contributed by atoms with Crippen LogP contribution in [0.3, 0.4) is 0 Å². The van der Waals surface area contributed by atoms with E-state index in [-0.39, 0.29) is 24.0 Å². The van der Waals surface area contributed by atoms with Crippen molar-refractivity contribution in [3.05, 3.63) is 60.1 Å². The Morgan fingerprint density at radius 2 is 2.11 bits per heavy atom. The Morgan fingerprint density at radius 3 is 2.85 bits per heavy atom. The molecule has 1 atom stereocenters. The van der Waals surface area contributed by atoms with Crippen LogP contribution in [-0.4, -0.2) is 44.1 Å². The number of nitrogens with one attached hydrogen (secondary N) is 1. The van der Waals surface area contributed by atoms with Crippen molar-refractivity contribution < 1.29 is 9.15 Å². The number of nitrogens with zero attached hydrogens (tertiary/aromatic N) is 2. The topological polar surface area (TPSA) is 50.0 Å². The summed E-state index contributed by atoms with van der Waals surface area (Å²) in [6.45, 7) is 4.26. The summed E-state index contributed by atoms with van der Waals surface area (Å²) in [6, 6.07) is 14.6. The molecule has 5 nitrogen and oxygen atoms in total. The first-order valence-corrected chi connectivity index (χ1v) is 9.45. The number of aliphatic imine (C=N–C) groups is 1. The Hall–Kier alpha value is -1.54. The number of halogens is 1. The van der Waals surface area contributed by atoms with Crippen LogP contribution in [0.2, 0.25) is 0 Å². The van der Waals surface area contributed by atoms with E-state index in [1.54, 1.807) is 6.26 Å². The lowest BCUT2D eigenvalue weighted by Crippen LogP contribution is -2.40. The van der Waals surface area contributed by atoms with E-state index in [0.29, 0.717) is 19.1 Å². The molecule has 0 amide bonds. The van der Waals surface area contributed by atoms with Gasteiger partial charge in [-0.2, -0.15) is 0 Å². The van der Waals surface area contributed by atoms with Gasteiger partial charge in [0.15, 0.2) is 5.96 Å². The van der Waals surface area contributed by atoms with E-state index in [1.165, 1.54) is 12.0 Å². The normalized spacial score (nSPS) is 17.0. The minimum Gasteiger partial charge on any atom is -0.467 e. The SMILES string of the molecule is CN=C(NCCCOCc1ccco1)N1CCC(Cc2ccccc2)C1.I. The fourth-order valence-corrected chi connectivity index (χ4v) is 3.41. The van der Waals surface area contributed by atoms with Gasteiger partial charge in [-0.3, -0.25) is 4.99 Å². The summed E-state index contributed by atoms with van der Waals surface area (Å²) >= 11 is 0. The van der Waals surface area contributed by atoms with Crippen LogP contribution in [0.15, 0.2) is 58.1 Å². The predicted molar refractivity (Wildman–Crippen MR) is 120 cm³/mol. The second kappa shape index (κ2) is 12.0. The number of benzene rings is 1. The fourth-order valence-electron chi connectivity index (χ4n) is 3.41. The number of hydrogen-bond acceptors (Lipinski definition) is 3. The van der Waals surface area contributed by atoms with Crippen molar-refractivity contribution in [1.29, 1.82) is 0 Å². The Balaban J connectivity index is 0.00000261. The molecule has 2 aromatic rings. The van der Waals surface area contributed by atoms with Crippen LogP contribution in [0.1, 0.15) is 24.2 Å². The second-order valence-corrected chi connectivity index (χ2v) is 6.75. The number of likely N-dealkylation sites (tertiary alicyclic amines) is 1. The van der Waals surface area contributed by atoms with Crippen molar-refractivity contribution in [3.8, 4) is 0 Å². The van der Waals surface area contributed by atoms with E-state index in [2.05, 4.69) is 45.5 Å². The van der Waals surface area contributed by atoms with Gasteiger partial charge < -0.3 is 19.4 Å². The van der Waals surface area contributed by atoms with Crippen molar-refractivity contribution in [1.82, 2.24) is 10.2 Å². The highest BCUT2D eigenvalue weighted by atomic mass is 127. The molecule has 0 radical (unpaired) electrons. The molecule has 148 valence electrons. The molecule has 0 bridgehead atoms. The fraction of sp³-hybridized carbons (Fsp3) is 0.476. The number of ether oxygens (including phenoxy) is 1. The second-order valence-electron chi connectivity index (χ2n) is 6.75. The summed E-state index contributed by atoms with van der Waals surface area (Å²) < 4.78 is 10.9. The molecule has 1 aliphatic rings. The summed E-state index contributed by atoms with van der Waals surface area (Å²) in [7, 11) is 1.86. The van der Waals surface area contributed by atoms with E-state index >= 15 is 0 Å². The van der Waals surface area contributed by atoms with Crippen LogP contribution in [0.5, 0.6) is 0 Å². The first-order chi connectivity index (χ1) is 12.8. The van der Waals surface area contributed by atoms with Gasteiger partial charge >= 0.3 is 0 Å². The molecule has 2 heterocycles. The average molecular weight is 483 g/mol. The van der Waals surface area contributed by atoms with Gasteiger partial charge in [-0.1, -0.05) is 30.3 Å². The maximum Gasteiger partial charge on any atom is 0.193 e. The lowest BCUT2D eigenvalue weighted by atomic mass is 9.99. The van der Waals surface area contributed by atoms with Crippen LogP contribution in [0, 0.1) is 5.92 Å². The molecule has 1 saturated heterocycles. The molecule has 1 aromatic carbocycles. The number of guanidine groups is 1. The van der Waals surface area contributed by atoms with Crippen LogP contribution in [0.25, 0.3) is 0 Å². The van der Waals surface area contributed by atoms with Crippen molar-refractivity contribution in [2.75, 3.05) is 33.3 Å². The quantitative estimate of drug-likeness (QED) is 0.268. The van der Waals surface area contributed by atoms with Gasteiger partial charge in [0.2, 0.25) is 0 Å². The maximum absolute atomic E-state index is 5.62. The van der Waals surface area contributed by atoms with Crippen LogP contribution in [0.4, 0.5) is 0 Å². The molecule has 0 spiro atoms. The lowest BCUT2D eigenvalue weighted by molar-refractivity contribution is 0.104. The Kier molecular flexibility index (Phi) is 9.69. The van der Waals surface area contributed by atoms with Crippen molar-refractivity contribution in [2.24, 2.45) is 10.9 Å². The first kappa shape index (κ1) is 21.8. The van der Waals surface area contributed by atoms with Crippen LogP contribution in [-0.2, 0) is 17.8 Å². The van der Waals surface area contributed by atoms with E-state index in [9.17, 15) is 0 Å². The Bertz CT molecular complexity index is 661. The highest BCUT2D eigenvalue weighted by molar-refractivity contribution is 14.0. The summed E-state index contributed by atoms with van der Waals surface area (Å²) in [5.74, 6) is 2.58. The average Bonchev–Trinajstić information content (AvgIpc) is 3.34. The summed E-state index contributed by atoms with van der Waals surface area (Å²) in [5, 5.41) is 3.46. The van der Waals surface area contributed by atoms with Crippen molar-refractivity contribution in [3.63, 3.8) is 0 Å². The number of hydrogen-bond donors (Lipinski definition) is 1. The Morgan fingerprint density at radius 1 is 1.26 bits per heavy atom. The molecule has 6 heteroatoms. The van der Waals surface area contributed by atoms with E-state index < -0.39 is 0 Å². The Labute approximate surface area is 179 Å². The zero-order chi connectivity index (χ0) is 18.0. The van der Waals surface area contributed by atoms with Gasteiger partial charge in [-0.15, -0.1) is 24.0 Å². The molecule has 0 saturated carbocycles. The number of furan rings is 1. The number of rotatable bonds is 8. The van der Waals surface area contributed by atoms with Crippen LogP contribution < -0.4 is 5.32 Å². The molecule has 27 heavy (non-hydrogen) atoms. The predicted octanol–water partition coefficient (Wildman–Crippen LogP) is 3.94. The first-order valence-electron chi connectivity index (χ1n) is 9.45. The van der Waals surface area contributed by atoms with Gasteiger partial charge in [0.05, 0.1) is 6.26 Å². The maximum atomic E-state index is 5.62. The highest BCUT2D eigenvalue weighted by Gasteiger charge is 2.24. The molecular formula is C21H30IN3O2. The van der Waals surface area contributed by atoms with E-state index in [4.69, 9.17) is 9.15 Å². The molecule has 1 fully saturated rings. The molecule has 1 unspecified atom stereocenters. The monoisotopic (exact) mass is 483 g/mol. The standard InChI is InChI=1S/C21H29N3O2.HI/c1-22-21(23-11-6-13-25-17-20-9-5-14-26-20)24-12-10-19(16-24)15-18-7-3-2-4-8-18;/h2-5,7-9,14,19H,6,10-13,15-17H2,1H3,(H,22,23);1H. The van der Waals surface area contributed by atoms with E-state index in [0.717, 1.165) is 44.2 Å². The molecule has 1 N–H and O–H groups in total. The molecular weight excluding hydrogens is 453 g/mol. The van der Waals surface area contributed by atoms with E-state index in [1.807, 2.05) is 19.2 Å². The third-order valence-electron chi connectivity index (χ3n) is 4.74. The van der Waals surface area contributed by atoms with Gasteiger partial charge in [0.25, 0.3) is 0 Å². The lowest BCUT2D eigenvalue weighted by Gasteiger charge is -2.21. The summed E-state index contributed by atoms with van der Waals surface area (Å²) in [6.07, 6.45) is 4.99. The summed E-state index contributed by atoms with van der Waals surface area (Å²) in [4.78, 5) is 6.82. The van der Waals surface area contributed by atoms with Crippen molar-refractivity contribution in [2.45, 2.75) is 25.9 Å². The zero-order valence-electron chi connectivity index (χ0n) is 16.0. The van der Waals surface area contributed by atoms with Crippen LogP contribution >= 0.6 is 24.0 Å². The zero-order valence-corrected chi connectivity index (χ0v) is 18.3. The molecule has 1 aromatic heterocycles. The van der Waals surface area contributed by atoms with Gasteiger partial charge in [-0.05, 0) is 42.9 Å². The van der Waals surface area contributed by atoms with Gasteiger partial charge in [0.1, 0.15) is 12.4 Å². The molecule has 3 rings (SSSR count). The molecule has 0 aliphatic carbocycles. The minimum absolute atomic E-state index is 0. The third kappa shape index (κ3) is 7.18. The van der Waals surface area contributed by atoms with Gasteiger partial charge in [-0.25, -0.2) is 0 Å². The largest absolute Gasteiger partial charge is 0.467 e. The summed E-state index contributed by atoms with van der Waals surface area (Å²) in [5.41, 5.74) is 1.43. The smallest absolute Gasteiger partial charge is 0.193 e.